The van der Waals surface area contributed by atoms with Crippen molar-refractivity contribution in [3.05, 3.63) is 48.5 Å². The normalized spacial score (nSPS) is 9.95. The average Bonchev–Trinajstić information content (AvgIpc) is 2.49. The van der Waals surface area contributed by atoms with Crippen LogP contribution in [0, 0.1) is 0 Å². The summed E-state index contributed by atoms with van der Waals surface area (Å²) < 4.78 is 10.6. The highest BCUT2D eigenvalue weighted by atomic mass is 16.5. The van der Waals surface area contributed by atoms with Gasteiger partial charge in [-0.05, 0) is 24.3 Å². The van der Waals surface area contributed by atoms with Crippen LogP contribution in [0.25, 0.3) is 0 Å². The molecule has 0 fully saturated rings. The van der Waals surface area contributed by atoms with Crippen molar-refractivity contribution in [2.45, 2.75) is 6.42 Å². The molecule has 5 heteroatoms. The summed E-state index contributed by atoms with van der Waals surface area (Å²) in [4.78, 5) is 11.8. The summed E-state index contributed by atoms with van der Waals surface area (Å²) in [5, 5.41) is 2.79. The maximum atomic E-state index is 11.8. The summed E-state index contributed by atoms with van der Waals surface area (Å²) in [7, 11) is 1.58. The number of hydrogen-bond donors (Lipinski definition) is 2. The molecule has 0 aliphatic carbocycles. The fourth-order valence-electron chi connectivity index (χ4n) is 1.79. The van der Waals surface area contributed by atoms with E-state index in [0.717, 1.165) is 0 Å². The molecule has 2 aromatic carbocycles. The molecule has 0 aliphatic heterocycles. The Morgan fingerprint density at radius 2 is 2.00 bits per heavy atom. The minimum Gasteiger partial charge on any atom is -0.497 e. The molecule has 0 radical (unpaired) electrons. The zero-order valence-electron chi connectivity index (χ0n) is 11.8. The summed E-state index contributed by atoms with van der Waals surface area (Å²) in [6.07, 6.45) is 0.242. The monoisotopic (exact) mass is 286 g/mol. The second kappa shape index (κ2) is 7.19. The van der Waals surface area contributed by atoms with Gasteiger partial charge >= 0.3 is 0 Å². The van der Waals surface area contributed by atoms with Crippen molar-refractivity contribution in [2.75, 3.05) is 24.8 Å². The van der Waals surface area contributed by atoms with Gasteiger partial charge in [-0.2, -0.15) is 0 Å². The number of benzene rings is 2. The van der Waals surface area contributed by atoms with Gasteiger partial charge in [-0.3, -0.25) is 4.79 Å². The number of carbonyl (C=O) groups excluding carboxylic acids is 1. The molecule has 21 heavy (non-hydrogen) atoms. The van der Waals surface area contributed by atoms with Crippen LogP contribution in [-0.4, -0.2) is 19.6 Å². The molecule has 2 rings (SSSR count). The first-order valence-electron chi connectivity index (χ1n) is 6.60. The molecule has 0 saturated carbocycles. The summed E-state index contributed by atoms with van der Waals surface area (Å²) in [6, 6.07) is 14.4. The van der Waals surface area contributed by atoms with Crippen molar-refractivity contribution < 1.29 is 14.3 Å². The van der Waals surface area contributed by atoms with E-state index in [-0.39, 0.29) is 18.9 Å². The van der Waals surface area contributed by atoms with Gasteiger partial charge in [-0.15, -0.1) is 0 Å². The fraction of sp³-hybridized carbons (Fsp3) is 0.188. The standard InChI is InChI=1S/C16H18N2O3/c1-20-13-6-4-5-12(11-13)18-16(19)9-10-21-15-8-3-2-7-14(15)17/h2-8,11H,9-10,17H2,1H3,(H,18,19). The molecule has 0 aliphatic rings. The SMILES string of the molecule is COc1cccc(NC(=O)CCOc2ccccc2N)c1. The molecule has 0 bridgehead atoms. The van der Waals surface area contributed by atoms with Crippen LogP contribution in [0.15, 0.2) is 48.5 Å². The van der Waals surface area contributed by atoms with Crippen molar-refractivity contribution in [3.63, 3.8) is 0 Å². The van der Waals surface area contributed by atoms with Crippen LogP contribution in [0.4, 0.5) is 11.4 Å². The molecule has 5 nitrogen and oxygen atoms in total. The van der Waals surface area contributed by atoms with Gasteiger partial charge in [0.15, 0.2) is 0 Å². The van der Waals surface area contributed by atoms with E-state index in [0.29, 0.717) is 22.9 Å². The van der Waals surface area contributed by atoms with Gasteiger partial charge in [-0.25, -0.2) is 0 Å². The lowest BCUT2D eigenvalue weighted by Crippen LogP contribution is -2.15. The Bertz CT molecular complexity index is 614. The number of nitrogens with two attached hydrogens (primary N) is 1. The van der Waals surface area contributed by atoms with Gasteiger partial charge < -0.3 is 20.5 Å². The van der Waals surface area contributed by atoms with Gasteiger partial charge in [0.05, 0.1) is 25.8 Å². The molecule has 0 aromatic heterocycles. The molecule has 0 heterocycles. The molecule has 3 N–H and O–H groups in total. The number of carbonyl (C=O) groups is 1. The molecule has 0 spiro atoms. The predicted octanol–water partition coefficient (Wildman–Crippen LogP) is 2.69. The first-order valence-corrected chi connectivity index (χ1v) is 6.60. The molecular formula is C16H18N2O3. The van der Waals surface area contributed by atoms with E-state index in [1.54, 1.807) is 31.4 Å². The summed E-state index contributed by atoms with van der Waals surface area (Å²) in [5.74, 6) is 1.16. The Hall–Kier alpha value is -2.69. The second-order valence-electron chi connectivity index (χ2n) is 4.42. The number of nitrogens with one attached hydrogen (secondary N) is 1. The average molecular weight is 286 g/mol. The minimum atomic E-state index is -0.127. The van der Waals surface area contributed by atoms with Crippen LogP contribution in [0.1, 0.15) is 6.42 Å². The Morgan fingerprint density at radius 3 is 2.76 bits per heavy atom. The van der Waals surface area contributed by atoms with Crippen LogP contribution in [0.3, 0.4) is 0 Å². The molecular weight excluding hydrogens is 268 g/mol. The quantitative estimate of drug-likeness (QED) is 0.801. The maximum Gasteiger partial charge on any atom is 0.227 e. The lowest BCUT2D eigenvalue weighted by molar-refractivity contribution is -0.116. The molecule has 0 atom stereocenters. The highest BCUT2D eigenvalue weighted by Crippen LogP contribution is 2.20. The lowest BCUT2D eigenvalue weighted by Gasteiger charge is -2.09. The van der Waals surface area contributed by atoms with Gasteiger partial charge in [-0.1, -0.05) is 18.2 Å². The van der Waals surface area contributed by atoms with E-state index < -0.39 is 0 Å². The zero-order chi connectivity index (χ0) is 15.1. The molecule has 2 aromatic rings. The van der Waals surface area contributed by atoms with E-state index in [4.69, 9.17) is 15.2 Å². The van der Waals surface area contributed by atoms with Gasteiger partial charge in [0.2, 0.25) is 5.91 Å². The first-order chi connectivity index (χ1) is 10.2. The molecule has 1 amide bonds. The van der Waals surface area contributed by atoms with Crippen LogP contribution in [-0.2, 0) is 4.79 Å². The molecule has 110 valence electrons. The number of rotatable bonds is 6. The molecule has 0 unspecified atom stereocenters. The number of methoxy groups -OCH3 is 1. The van der Waals surface area contributed by atoms with Gasteiger partial charge in [0.25, 0.3) is 0 Å². The first kappa shape index (κ1) is 14.7. The van der Waals surface area contributed by atoms with Crippen molar-refractivity contribution in [3.8, 4) is 11.5 Å². The predicted molar refractivity (Wildman–Crippen MR) is 82.6 cm³/mol. The highest BCUT2D eigenvalue weighted by Gasteiger charge is 2.05. The third-order valence-electron chi connectivity index (χ3n) is 2.86. The summed E-state index contributed by atoms with van der Waals surface area (Å²) >= 11 is 0. The number of para-hydroxylation sites is 2. The van der Waals surface area contributed by atoms with Crippen LogP contribution < -0.4 is 20.5 Å². The second-order valence-corrected chi connectivity index (χ2v) is 4.42. The van der Waals surface area contributed by atoms with Crippen molar-refractivity contribution in [2.24, 2.45) is 0 Å². The van der Waals surface area contributed by atoms with Crippen LogP contribution >= 0.6 is 0 Å². The van der Waals surface area contributed by atoms with Gasteiger partial charge in [0, 0.05) is 11.8 Å². The maximum absolute atomic E-state index is 11.8. The number of hydrogen-bond acceptors (Lipinski definition) is 4. The Labute approximate surface area is 123 Å². The van der Waals surface area contributed by atoms with Crippen molar-refractivity contribution in [1.29, 1.82) is 0 Å². The van der Waals surface area contributed by atoms with E-state index in [1.165, 1.54) is 0 Å². The third kappa shape index (κ3) is 4.42. The number of anilines is 2. The number of amides is 1. The Morgan fingerprint density at radius 1 is 1.19 bits per heavy atom. The largest absolute Gasteiger partial charge is 0.497 e. The topological polar surface area (TPSA) is 73.6 Å². The van der Waals surface area contributed by atoms with Crippen LogP contribution in [0.2, 0.25) is 0 Å². The highest BCUT2D eigenvalue weighted by molar-refractivity contribution is 5.90. The lowest BCUT2D eigenvalue weighted by atomic mass is 10.3. The van der Waals surface area contributed by atoms with Crippen molar-refractivity contribution in [1.82, 2.24) is 0 Å². The smallest absolute Gasteiger partial charge is 0.227 e. The fourth-order valence-corrected chi connectivity index (χ4v) is 1.79. The summed E-state index contributed by atoms with van der Waals surface area (Å²) in [6.45, 7) is 0.268. The Kier molecular flexibility index (Phi) is 5.04. The zero-order valence-corrected chi connectivity index (χ0v) is 11.8. The number of nitrogen functional groups attached to an aromatic ring is 1. The van der Waals surface area contributed by atoms with Gasteiger partial charge in [0.1, 0.15) is 11.5 Å². The van der Waals surface area contributed by atoms with E-state index in [9.17, 15) is 4.79 Å². The van der Waals surface area contributed by atoms with Crippen molar-refractivity contribution >= 4 is 17.3 Å². The minimum absolute atomic E-state index is 0.127. The van der Waals surface area contributed by atoms with Crippen LogP contribution in [0.5, 0.6) is 11.5 Å². The summed E-state index contributed by atoms with van der Waals surface area (Å²) in [5.41, 5.74) is 7.01. The van der Waals surface area contributed by atoms with E-state index >= 15 is 0 Å². The van der Waals surface area contributed by atoms with E-state index in [1.807, 2.05) is 24.3 Å². The Balaban J connectivity index is 1.81. The number of ether oxygens (including phenoxy) is 2. The molecule has 0 saturated heterocycles. The van der Waals surface area contributed by atoms with E-state index in [2.05, 4.69) is 5.32 Å². The third-order valence-corrected chi connectivity index (χ3v) is 2.86.